The topological polar surface area (TPSA) is 72.1 Å². The Hall–Kier alpha value is -2.43. The fourth-order valence-electron chi connectivity index (χ4n) is 2.36. The molecular weight excluding hydrogens is 240 g/mol. The van der Waals surface area contributed by atoms with E-state index in [2.05, 4.69) is 16.3 Å². The molecule has 0 atom stereocenters. The lowest BCUT2D eigenvalue weighted by Crippen LogP contribution is -2.29. The maximum absolute atomic E-state index is 12.4. The van der Waals surface area contributed by atoms with Crippen LogP contribution in [0, 0.1) is 6.92 Å². The second kappa shape index (κ2) is 4.35. The van der Waals surface area contributed by atoms with Crippen molar-refractivity contribution in [2.45, 2.75) is 13.3 Å². The van der Waals surface area contributed by atoms with Gasteiger partial charge < -0.3 is 10.6 Å². The van der Waals surface area contributed by atoms with Crippen LogP contribution in [0.4, 0.5) is 11.4 Å². The predicted octanol–water partition coefficient (Wildman–Crippen LogP) is 1.57. The van der Waals surface area contributed by atoms with Gasteiger partial charge in [0.05, 0.1) is 18.0 Å². The molecule has 3 rings (SSSR count). The van der Waals surface area contributed by atoms with Gasteiger partial charge >= 0.3 is 0 Å². The van der Waals surface area contributed by atoms with E-state index in [0.717, 1.165) is 17.7 Å². The van der Waals surface area contributed by atoms with Gasteiger partial charge in [-0.3, -0.25) is 4.79 Å². The van der Waals surface area contributed by atoms with Gasteiger partial charge in [-0.25, -0.2) is 0 Å². The SMILES string of the molecule is Cc1cc2c(cc1N)N(C(=O)c1ccnnc1)CC2. The third-order valence-electron chi connectivity index (χ3n) is 3.44. The monoisotopic (exact) mass is 254 g/mol. The Morgan fingerprint density at radius 1 is 1.37 bits per heavy atom. The molecule has 0 bridgehead atoms. The number of benzene rings is 1. The number of rotatable bonds is 1. The first-order valence-electron chi connectivity index (χ1n) is 6.14. The van der Waals surface area contributed by atoms with Crippen LogP contribution in [-0.2, 0) is 6.42 Å². The zero-order valence-corrected chi connectivity index (χ0v) is 10.6. The number of hydrogen-bond acceptors (Lipinski definition) is 4. The number of carbonyl (C=O) groups excluding carboxylic acids is 1. The van der Waals surface area contributed by atoms with Gasteiger partial charge in [0.15, 0.2) is 0 Å². The third-order valence-corrected chi connectivity index (χ3v) is 3.44. The van der Waals surface area contributed by atoms with E-state index in [-0.39, 0.29) is 5.91 Å². The summed E-state index contributed by atoms with van der Waals surface area (Å²) in [5, 5.41) is 7.43. The molecule has 1 aliphatic rings. The van der Waals surface area contributed by atoms with Crippen LogP contribution in [0.3, 0.4) is 0 Å². The molecule has 2 N–H and O–H groups in total. The van der Waals surface area contributed by atoms with Crippen LogP contribution in [0.25, 0.3) is 0 Å². The quantitative estimate of drug-likeness (QED) is 0.784. The molecule has 96 valence electrons. The van der Waals surface area contributed by atoms with Crippen LogP contribution in [0.5, 0.6) is 0 Å². The standard InChI is InChI=1S/C14H14N4O/c1-9-6-10-3-5-18(13(10)7-12(9)15)14(19)11-2-4-16-17-8-11/h2,4,6-8H,3,5,15H2,1H3. The molecule has 0 radical (unpaired) electrons. The Morgan fingerprint density at radius 2 is 2.21 bits per heavy atom. The minimum Gasteiger partial charge on any atom is -0.398 e. The van der Waals surface area contributed by atoms with Crippen LogP contribution < -0.4 is 10.6 Å². The Labute approximate surface area is 111 Å². The molecule has 1 amide bonds. The van der Waals surface area contributed by atoms with E-state index in [1.807, 2.05) is 13.0 Å². The van der Waals surface area contributed by atoms with Crippen molar-refractivity contribution in [2.24, 2.45) is 0 Å². The first kappa shape index (κ1) is 11.6. The van der Waals surface area contributed by atoms with E-state index < -0.39 is 0 Å². The largest absolute Gasteiger partial charge is 0.398 e. The minimum absolute atomic E-state index is 0.0584. The van der Waals surface area contributed by atoms with Gasteiger partial charge in [-0.05, 0) is 36.6 Å². The average molecular weight is 254 g/mol. The van der Waals surface area contributed by atoms with Crippen molar-refractivity contribution in [1.82, 2.24) is 10.2 Å². The molecule has 5 heteroatoms. The van der Waals surface area contributed by atoms with Gasteiger partial charge in [0.2, 0.25) is 0 Å². The van der Waals surface area contributed by atoms with Crippen LogP contribution in [0.15, 0.2) is 30.6 Å². The molecule has 0 spiro atoms. The van der Waals surface area contributed by atoms with Crippen LogP contribution in [0.1, 0.15) is 21.5 Å². The summed E-state index contributed by atoms with van der Waals surface area (Å²) in [6.07, 6.45) is 3.87. The molecule has 19 heavy (non-hydrogen) atoms. The summed E-state index contributed by atoms with van der Waals surface area (Å²) in [5.74, 6) is -0.0584. The zero-order chi connectivity index (χ0) is 13.4. The summed E-state index contributed by atoms with van der Waals surface area (Å²) in [4.78, 5) is 14.2. The fraction of sp³-hybridized carbons (Fsp3) is 0.214. The van der Waals surface area contributed by atoms with Gasteiger partial charge in [0.25, 0.3) is 5.91 Å². The zero-order valence-electron chi connectivity index (χ0n) is 10.6. The number of nitrogens with two attached hydrogens (primary N) is 1. The molecule has 0 fully saturated rings. The summed E-state index contributed by atoms with van der Waals surface area (Å²) < 4.78 is 0. The van der Waals surface area contributed by atoms with Crippen molar-refractivity contribution in [3.63, 3.8) is 0 Å². The van der Waals surface area contributed by atoms with E-state index in [0.29, 0.717) is 17.8 Å². The van der Waals surface area contributed by atoms with E-state index in [4.69, 9.17) is 5.73 Å². The molecule has 0 saturated carbocycles. The molecule has 2 heterocycles. The number of aryl methyl sites for hydroxylation is 1. The lowest BCUT2D eigenvalue weighted by Gasteiger charge is -2.17. The Kier molecular flexibility index (Phi) is 2.67. The van der Waals surface area contributed by atoms with E-state index in [1.165, 1.54) is 18.0 Å². The normalized spacial score (nSPS) is 13.4. The van der Waals surface area contributed by atoms with Crippen LogP contribution >= 0.6 is 0 Å². The van der Waals surface area contributed by atoms with Crippen molar-refractivity contribution in [1.29, 1.82) is 0 Å². The third kappa shape index (κ3) is 1.93. The Balaban J connectivity index is 1.99. The van der Waals surface area contributed by atoms with Gasteiger partial charge in [0, 0.05) is 17.9 Å². The van der Waals surface area contributed by atoms with Gasteiger partial charge in [-0.2, -0.15) is 10.2 Å². The number of anilines is 2. The number of nitrogen functional groups attached to an aromatic ring is 1. The number of aromatic nitrogens is 2. The van der Waals surface area contributed by atoms with E-state index in [1.54, 1.807) is 11.0 Å². The van der Waals surface area contributed by atoms with Crippen molar-refractivity contribution in [3.05, 3.63) is 47.3 Å². The molecule has 1 aromatic heterocycles. The van der Waals surface area contributed by atoms with Crippen molar-refractivity contribution in [2.75, 3.05) is 17.2 Å². The van der Waals surface area contributed by atoms with Crippen molar-refractivity contribution in [3.8, 4) is 0 Å². The summed E-state index contributed by atoms with van der Waals surface area (Å²) in [6.45, 7) is 2.66. The number of amides is 1. The maximum atomic E-state index is 12.4. The number of hydrogen-bond donors (Lipinski definition) is 1. The molecule has 0 aliphatic carbocycles. The molecule has 1 aliphatic heterocycles. The highest BCUT2D eigenvalue weighted by Crippen LogP contribution is 2.32. The predicted molar refractivity (Wildman–Crippen MR) is 73.0 cm³/mol. The lowest BCUT2D eigenvalue weighted by molar-refractivity contribution is 0.0989. The summed E-state index contributed by atoms with van der Waals surface area (Å²) in [6, 6.07) is 5.61. The van der Waals surface area contributed by atoms with Gasteiger partial charge in [0.1, 0.15) is 0 Å². The maximum Gasteiger partial charge on any atom is 0.259 e. The Morgan fingerprint density at radius 3 is 2.95 bits per heavy atom. The minimum atomic E-state index is -0.0584. The smallest absolute Gasteiger partial charge is 0.259 e. The van der Waals surface area contributed by atoms with Crippen LogP contribution in [-0.4, -0.2) is 22.6 Å². The van der Waals surface area contributed by atoms with Gasteiger partial charge in [-0.15, -0.1) is 0 Å². The van der Waals surface area contributed by atoms with E-state index in [9.17, 15) is 4.79 Å². The van der Waals surface area contributed by atoms with Gasteiger partial charge in [-0.1, -0.05) is 6.07 Å². The second-order valence-corrected chi connectivity index (χ2v) is 4.68. The number of nitrogens with zero attached hydrogens (tertiary/aromatic N) is 3. The van der Waals surface area contributed by atoms with E-state index >= 15 is 0 Å². The lowest BCUT2D eigenvalue weighted by atomic mass is 10.1. The summed E-state index contributed by atoms with van der Waals surface area (Å²) in [5.41, 5.74) is 10.3. The summed E-state index contributed by atoms with van der Waals surface area (Å²) in [7, 11) is 0. The highest BCUT2D eigenvalue weighted by Gasteiger charge is 2.26. The first-order valence-corrected chi connectivity index (χ1v) is 6.14. The Bertz CT molecular complexity index is 639. The number of fused-ring (bicyclic) bond motifs is 1. The highest BCUT2D eigenvalue weighted by atomic mass is 16.2. The molecule has 5 nitrogen and oxygen atoms in total. The molecule has 2 aromatic rings. The first-order chi connectivity index (χ1) is 9.16. The second-order valence-electron chi connectivity index (χ2n) is 4.68. The highest BCUT2D eigenvalue weighted by molar-refractivity contribution is 6.07. The molecule has 0 unspecified atom stereocenters. The van der Waals surface area contributed by atoms with Crippen molar-refractivity contribution >= 4 is 17.3 Å². The molecule has 1 aromatic carbocycles. The number of carbonyl (C=O) groups is 1. The molecular formula is C14H14N4O. The molecule has 0 saturated heterocycles. The average Bonchev–Trinajstić information content (AvgIpc) is 2.82. The summed E-state index contributed by atoms with van der Waals surface area (Å²) >= 11 is 0. The van der Waals surface area contributed by atoms with Crippen molar-refractivity contribution < 1.29 is 4.79 Å². The van der Waals surface area contributed by atoms with Crippen LogP contribution in [0.2, 0.25) is 0 Å². The fourth-order valence-corrected chi connectivity index (χ4v) is 2.36.